The van der Waals surface area contributed by atoms with Crippen LogP contribution in [0.3, 0.4) is 0 Å². The minimum absolute atomic E-state index is 0.531. The van der Waals surface area contributed by atoms with E-state index in [4.69, 9.17) is 18.8 Å². The Bertz CT molecular complexity index is 3510. The predicted octanol–water partition coefficient (Wildman–Crippen LogP) is 12.5. The first-order valence-electron chi connectivity index (χ1n) is 16.7. The van der Waals surface area contributed by atoms with E-state index in [0.717, 1.165) is 66.5 Å². The van der Waals surface area contributed by atoms with Crippen molar-refractivity contribution in [2.75, 3.05) is 0 Å². The molecule has 50 heavy (non-hydrogen) atoms. The van der Waals surface area contributed by atoms with Gasteiger partial charge in [0.1, 0.15) is 28.0 Å². The molecule has 0 aliphatic heterocycles. The van der Waals surface area contributed by atoms with E-state index in [2.05, 4.69) is 114 Å². The molecule has 0 spiro atoms. The second-order valence-corrected chi connectivity index (χ2v) is 14.4. The van der Waals surface area contributed by atoms with Crippen molar-refractivity contribution in [1.29, 1.82) is 0 Å². The number of hydrogen-bond donors (Lipinski definition) is 0. The highest BCUT2D eigenvalue weighted by molar-refractivity contribution is 7.25. The van der Waals surface area contributed by atoms with E-state index in [9.17, 15) is 0 Å². The smallest absolute Gasteiger partial charge is 0.247 e. The summed E-state index contributed by atoms with van der Waals surface area (Å²) >= 11 is 1.81. The van der Waals surface area contributed by atoms with Crippen molar-refractivity contribution in [3.8, 4) is 28.2 Å². The van der Waals surface area contributed by atoms with Crippen molar-refractivity contribution in [3.63, 3.8) is 0 Å². The van der Waals surface area contributed by atoms with Gasteiger partial charge in [0.2, 0.25) is 5.71 Å². The molecule has 0 saturated heterocycles. The molecule has 5 aromatic heterocycles. The summed E-state index contributed by atoms with van der Waals surface area (Å²) in [5, 5.41) is 10.6. The molecule has 13 rings (SSSR count). The Hall–Kier alpha value is -6.50. The normalized spacial score (nSPS) is 12.8. The van der Waals surface area contributed by atoms with Gasteiger partial charge < -0.3 is 8.83 Å². The molecule has 0 radical (unpaired) electrons. The number of benzene rings is 7. The van der Waals surface area contributed by atoms with Crippen LogP contribution < -0.4 is 0 Å². The second kappa shape index (κ2) is 8.74. The number of furan rings is 2. The maximum absolute atomic E-state index is 6.54. The lowest BCUT2D eigenvalue weighted by Crippen LogP contribution is -2.03. The maximum Gasteiger partial charge on any atom is 0.247 e. The van der Waals surface area contributed by atoms with E-state index >= 15 is 0 Å². The zero-order chi connectivity index (χ0) is 32.2. The van der Waals surface area contributed by atoms with Crippen LogP contribution in [0.1, 0.15) is 0 Å². The fraction of sp³-hybridized carbons (Fsp3) is 0. The number of aromatic nitrogens is 3. The van der Waals surface area contributed by atoms with Gasteiger partial charge in [-0.3, -0.25) is 4.57 Å². The van der Waals surface area contributed by atoms with E-state index in [0.29, 0.717) is 5.71 Å². The topological polar surface area (TPSA) is 57.0 Å². The Labute approximate surface area is 286 Å². The van der Waals surface area contributed by atoms with Gasteiger partial charge in [-0.15, -0.1) is 11.3 Å². The molecule has 0 atom stereocenters. The second-order valence-electron chi connectivity index (χ2n) is 13.3. The molecule has 12 aromatic rings. The van der Waals surface area contributed by atoms with Crippen molar-refractivity contribution in [2.24, 2.45) is 0 Å². The Morgan fingerprint density at radius 3 is 2.18 bits per heavy atom. The van der Waals surface area contributed by atoms with Crippen molar-refractivity contribution in [3.05, 3.63) is 127 Å². The molecule has 5 nitrogen and oxygen atoms in total. The monoisotopic (exact) mass is 655 g/mol. The zero-order valence-electron chi connectivity index (χ0n) is 26.2. The summed E-state index contributed by atoms with van der Waals surface area (Å²) in [5.74, 6) is 0.772. The highest BCUT2D eigenvalue weighted by Crippen LogP contribution is 2.51. The molecule has 7 aromatic carbocycles. The number of rotatable bonds is 2. The maximum atomic E-state index is 6.54. The first-order valence-corrected chi connectivity index (χ1v) is 17.6. The first kappa shape index (κ1) is 25.5. The molecule has 0 saturated carbocycles. The summed E-state index contributed by atoms with van der Waals surface area (Å²) in [6, 6.07) is 45.2. The number of thiophene rings is 1. The summed E-state index contributed by atoms with van der Waals surface area (Å²) in [6.45, 7) is 0. The third-order valence-electron chi connectivity index (χ3n) is 10.7. The summed E-state index contributed by atoms with van der Waals surface area (Å²) < 4.78 is 17.7. The van der Waals surface area contributed by atoms with Crippen LogP contribution in [0.5, 0.6) is 0 Å². The third kappa shape index (κ3) is 3.01. The van der Waals surface area contributed by atoms with Crippen LogP contribution in [-0.2, 0) is 0 Å². The lowest BCUT2D eigenvalue weighted by Gasteiger charge is -2.14. The predicted molar refractivity (Wildman–Crippen MR) is 206 cm³/mol. The molecular formula is C44H21N3O2S. The lowest BCUT2D eigenvalue weighted by molar-refractivity contribution is 0.653. The average molecular weight is 656 g/mol. The quantitative estimate of drug-likeness (QED) is 0.186. The molecule has 1 aliphatic rings. The van der Waals surface area contributed by atoms with Gasteiger partial charge in [-0.2, -0.15) is 0 Å². The molecule has 0 unspecified atom stereocenters. The van der Waals surface area contributed by atoms with Crippen molar-refractivity contribution in [1.82, 2.24) is 14.5 Å². The van der Waals surface area contributed by atoms with Crippen molar-refractivity contribution < 1.29 is 8.83 Å². The third-order valence-corrected chi connectivity index (χ3v) is 11.9. The summed E-state index contributed by atoms with van der Waals surface area (Å²) in [6.07, 6.45) is 0. The van der Waals surface area contributed by atoms with Crippen molar-refractivity contribution in [2.45, 2.75) is 0 Å². The first-order chi connectivity index (χ1) is 24.8. The van der Waals surface area contributed by atoms with Crippen LogP contribution in [0.25, 0.3) is 125 Å². The lowest BCUT2D eigenvalue weighted by atomic mass is 9.95. The minimum atomic E-state index is 0.531. The van der Waals surface area contributed by atoms with Gasteiger partial charge in [0.15, 0.2) is 5.82 Å². The van der Waals surface area contributed by atoms with Gasteiger partial charge in [0.25, 0.3) is 0 Å². The number of fused-ring (bicyclic) bond motifs is 7. The van der Waals surface area contributed by atoms with Gasteiger partial charge in [-0.05, 0) is 70.4 Å². The van der Waals surface area contributed by atoms with E-state index in [-0.39, 0.29) is 0 Å². The van der Waals surface area contributed by atoms with Gasteiger partial charge in [0.05, 0.1) is 11.0 Å². The fourth-order valence-corrected chi connectivity index (χ4v) is 9.83. The Morgan fingerprint density at radius 2 is 1.24 bits per heavy atom. The number of hydrogen-bond acceptors (Lipinski definition) is 5. The highest BCUT2D eigenvalue weighted by atomic mass is 32.1. The summed E-state index contributed by atoms with van der Waals surface area (Å²) in [7, 11) is 0. The largest absolute Gasteiger partial charge is 0.456 e. The van der Waals surface area contributed by atoms with Crippen molar-refractivity contribution >= 4 is 108 Å². The molecule has 230 valence electrons. The molecule has 5 heterocycles. The standard InChI is InChI=1S/C44H21N3O2S/c1-3-12-31-28(9-1)42-44(49-31)46-41(23-15-17-25-24-8-2-4-14-34(24)50-35(25)21-23)43(45-42)47-29-18-16-22-7-5-10-26-27-11-6-13-32-37(27)40-33(48-32)20-19-30(47)39(40)38(29)36(22)26/h1-21H. The van der Waals surface area contributed by atoms with Crippen LogP contribution >= 0.6 is 11.3 Å². The Balaban J connectivity index is 1.24. The van der Waals surface area contributed by atoms with Crippen LogP contribution in [0.4, 0.5) is 0 Å². The molecule has 0 N–H and O–H groups in total. The van der Waals surface area contributed by atoms with Crippen LogP contribution in [0, 0.1) is 0 Å². The van der Waals surface area contributed by atoms with Crippen LogP contribution in [0.15, 0.2) is 136 Å². The molecular weight excluding hydrogens is 635 g/mol. The van der Waals surface area contributed by atoms with Gasteiger partial charge in [-0.1, -0.05) is 78.9 Å². The van der Waals surface area contributed by atoms with E-state index < -0.39 is 0 Å². The molecule has 0 fully saturated rings. The van der Waals surface area contributed by atoms with E-state index in [1.165, 1.54) is 52.8 Å². The van der Waals surface area contributed by atoms with Gasteiger partial charge >= 0.3 is 0 Å². The molecule has 0 amide bonds. The van der Waals surface area contributed by atoms with Crippen LogP contribution in [-0.4, -0.2) is 14.5 Å². The zero-order valence-corrected chi connectivity index (χ0v) is 27.0. The number of para-hydroxylation sites is 1. The Morgan fingerprint density at radius 1 is 0.500 bits per heavy atom. The van der Waals surface area contributed by atoms with Crippen LogP contribution in [0.2, 0.25) is 0 Å². The fourth-order valence-electron chi connectivity index (χ4n) is 8.69. The summed E-state index contributed by atoms with van der Waals surface area (Å²) in [4.78, 5) is 10.8. The molecule has 1 aliphatic carbocycles. The average Bonchev–Trinajstić information content (AvgIpc) is 3.89. The van der Waals surface area contributed by atoms with Gasteiger partial charge in [0, 0.05) is 52.7 Å². The SMILES string of the molecule is c1cc2c3c(c1)ccc1c3c3c4c(ccc3n1-c1nc3c(nc1-c1ccc5c(c1)sc1ccccc15)oc1ccccc13)oc1cccc-2c14. The number of nitrogens with zero attached hydrogens (tertiary/aromatic N) is 3. The van der Waals surface area contributed by atoms with E-state index in [1.807, 2.05) is 29.5 Å². The highest BCUT2D eigenvalue weighted by Gasteiger charge is 2.28. The molecule has 6 heteroatoms. The molecule has 0 bridgehead atoms. The Kier molecular flexibility index (Phi) is 4.46. The summed E-state index contributed by atoms with van der Waals surface area (Å²) in [5.41, 5.74) is 10.2. The van der Waals surface area contributed by atoms with E-state index in [1.54, 1.807) is 0 Å². The minimum Gasteiger partial charge on any atom is -0.456 e. The van der Waals surface area contributed by atoms with Gasteiger partial charge in [-0.25, -0.2) is 9.97 Å².